The molecule has 0 spiro atoms. The molecule has 0 bridgehead atoms. The third kappa shape index (κ3) is 3.07. The molecule has 0 aliphatic rings. The van der Waals surface area contributed by atoms with E-state index in [2.05, 4.69) is 0 Å². The first-order chi connectivity index (χ1) is 8.43. The minimum atomic E-state index is -3.71. The SMILES string of the molecule is CCN(CCC#N)S(=O)(=O)c1csc(C(=O)O)c1. The molecule has 1 aromatic heterocycles. The van der Waals surface area contributed by atoms with Gasteiger partial charge in [-0.25, -0.2) is 13.2 Å². The number of aromatic carboxylic acids is 1. The number of hydrogen-bond acceptors (Lipinski definition) is 5. The van der Waals surface area contributed by atoms with Crippen LogP contribution in [0.25, 0.3) is 0 Å². The fourth-order valence-corrected chi connectivity index (χ4v) is 3.89. The summed E-state index contributed by atoms with van der Waals surface area (Å²) in [5, 5.41) is 18.5. The number of hydrogen-bond donors (Lipinski definition) is 1. The van der Waals surface area contributed by atoms with Gasteiger partial charge in [0, 0.05) is 24.9 Å². The van der Waals surface area contributed by atoms with Gasteiger partial charge >= 0.3 is 5.97 Å². The molecule has 8 heteroatoms. The quantitative estimate of drug-likeness (QED) is 0.852. The molecule has 0 aliphatic carbocycles. The number of carbonyl (C=O) groups is 1. The van der Waals surface area contributed by atoms with Gasteiger partial charge in [0.05, 0.1) is 11.0 Å². The molecule has 1 aromatic rings. The van der Waals surface area contributed by atoms with Gasteiger partial charge in [0.2, 0.25) is 10.0 Å². The van der Waals surface area contributed by atoms with E-state index in [0.29, 0.717) is 0 Å². The average molecular weight is 288 g/mol. The van der Waals surface area contributed by atoms with E-state index in [-0.39, 0.29) is 29.3 Å². The van der Waals surface area contributed by atoms with Gasteiger partial charge in [-0.05, 0) is 6.07 Å². The first kappa shape index (κ1) is 14.6. The normalized spacial score (nSPS) is 11.4. The monoisotopic (exact) mass is 288 g/mol. The first-order valence-corrected chi connectivity index (χ1v) is 7.44. The Bertz CT molecular complexity index is 571. The zero-order valence-electron chi connectivity index (χ0n) is 9.66. The van der Waals surface area contributed by atoms with Crippen molar-refractivity contribution in [3.05, 3.63) is 16.3 Å². The number of carboxylic acid groups (broad SMARTS) is 1. The summed E-state index contributed by atoms with van der Waals surface area (Å²) in [4.78, 5) is 10.7. The van der Waals surface area contributed by atoms with Crippen molar-refractivity contribution in [2.75, 3.05) is 13.1 Å². The molecule has 1 rings (SSSR count). The molecule has 6 nitrogen and oxygen atoms in total. The van der Waals surface area contributed by atoms with Gasteiger partial charge in [0.25, 0.3) is 0 Å². The fourth-order valence-electron chi connectivity index (χ4n) is 1.34. The molecule has 0 aromatic carbocycles. The van der Waals surface area contributed by atoms with Crippen molar-refractivity contribution in [3.63, 3.8) is 0 Å². The molecule has 0 fully saturated rings. The van der Waals surface area contributed by atoms with Gasteiger partial charge < -0.3 is 5.11 Å². The minimum absolute atomic E-state index is 0.0232. The van der Waals surface area contributed by atoms with E-state index in [1.165, 1.54) is 5.38 Å². The summed E-state index contributed by atoms with van der Waals surface area (Å²) < 4.78 is 25.4. The van der Waals surface area contributed by atoms with Crippen LogP contribution in [0.4, 0.5) is 0 Å². The van der Waals surface area contributed by atoms with Gasteiger partial charge in [0.15, 0.2) is 0 Å². The number of rotatable bonds is 6. The third-order valence-electron chi connectivity index (χ3n) is 2.25. The van der Waals surface area contributed by atoms with Gasteiger partial charge in [-0.3, -0.25) is 0 Å². The van der Waals surface area contributed by atoms with E-state index < -0.39 is 16.0 Å². The molecular weight excluding hydrogens is 276 g/mol. The second-order valence-electron chi connectivity index (χ2n) is 3.36. The number of nitrogens with zero attached hydrogens (tertiary/aromatic N) is 2. The molecule has 18 heavy (non-hydrogen) atoms. The van der Waals surface area contributed by atoms with Crippen LogP contribution in [-0.2, 0) is 10.0 Å². The summed E-state index contributed by atoms with van der Waals surface area (Å²) in [6.45, 7) is 2.01. The van der Waals surface area contributed by atoms with Crippen LogP contribution >= 0.6 is 11.3 Å². The first-order valence-electron chi connectivity index (χ1n) is 5.12. The number of thiophene rings is 1. The smallest absolute Gasteiger partial charge is 0.345 e. The summed E-state index contributed by atoms with van der Waals surface area (Å²) >= 11 is 0.866. The van der Waals surface area contributed by atoms with E-state index in [1.807, 2.05) is 6.07 Å². The average Bonchev–Trinajstić information content (AvgIpc) is 2.79. The van der Waals surface area contributed by atoms with Crippen LogP contribution in [0.15, 0.2) is 16.3 Å². The van der Waals surface area contributed by atoms with Crippen LogP contribution in [-0.4, -0.2) is 36.9 Å². The molecule has 0 atom stereocenters. The molecule has 1 heterocycles. The molecular formula is C10H12N2O4S2. The lowest BCUT2D eigenvalue weighted by atomic mass is 10.5. The van der Waals surface area contributed by atoms with E-state index in [0.717, 1.165) is 21.7 Å². The number of nitriles is 1. The number of carboxylic acids is 1. The maximum atomic E-state index is 12.1. The lowest BCUT2D eigenvalue weighted by Gasteiger charge is -2.17. The summed E-state index contributed by atoms with van der Waals surface area (Å²) in [5.41, 5.74) is 0. The van der Waals surface area contributed by atoms with Crippen LogP contribution in [0, 0.1) is 11.3 Å². The van der Waals surface area contributed by atoms with Crippen molar-refractivity contribution in [2.24, 2.45) is 0 Å². The molecule has 1 N–H and O–H groups in total. The molecule has 0 radical (unpaired) electrons. The fraction of sp³-hybridized carbons (Fsp3) is 0.400. The largest absolute Gasteiger partial charge is 0.477 e. The Morgan fingerprint density at radius 1 is 1.61 bits per heavy atom. The summed E-state index contributed by atoms with van der Waals surface area (Å²) in [7, 11) is -3.71. The summed E-state index contributed by atoms with van der Waals surface area (Å²) in [5.74, 6) is -1.15. The van der Waals surface area contributed by atoms with Crippen molar-refractivity contribution < 1.29 is 18.3 Å². The van der Waals surface area contributed by atoms with Crippen molar-refractivity contribution in [2.45, 2.75) is 18.2 Å². The second kappa shape index (κ2) is 5.95. The van der Waals surface area contributed by atoms with Crippen molar-refractivity contribution in [3.8, 4) is 6.07 Å². The van der Waals surface area contributed by atoms with E-state index in [9.17, 15) is 13.2 Å². The topological polar surface area (TPSA) is 98.5 Å². The van der Waals surface area contributed by atoms with E-state index >= 15 is 0 Å². The minimum Gasteiger partial charge on any atom is -0.477 e. The highest BCUT2D eigenvalue weighted by atomic mass is 32.2. The van der Waals surface area contributed by atoms with E-state index in [1.54, 1.807) is 6.92 Å². The lowest BCUT2D eigenvalue weighted by Crippen LogP contribution is -2.31. The predicted molar refractivity (Wildman–Crippen MR) is 65.9 cm³/mol. The van der Waals surface area contributed by atoms with Crippen molar-refractivity contribution in [1.29, 1.82) is 5.26 Å². The molecule has 0 unspecified atom stereocenters. The summed E-state index contributed by atoms with van der Waals surface area (Å²) in [6.07, 6.45) is 0.100. The molecule has 98 valence electrons. The Balaban J connectivity index is 3.03. The van der Waals surface area contributed by atoms with Crippen LogP contribution < -0.4 is 0 Å². The van der Waals surface area contributed by atoms with Crippen LogP contribution in [0.5, 0.6) is 0 Å². The molecule has 0 aliphatic heterocycles. The predicted octanol–water partition coefficient (Wildman–Crippen LogP) is 1.37. The Morgan fingerprint density at radius 2 is 2.28 bits per heavy atom. The maximum absolute atomic E-state index is 12.1. The molecule has 0 amide bonds. The highest BCUT2D eigenvalue weighted by Crippen LogP contribution is 2.22. The highest BCUT2D eigenvalue weighted by Gasteiger charge is 2.24. The van der Waals surface area contributed by atoms with Crippen molar-refractivity contribution in [1.82, 2.24) is 4.31 Å². The van der Waals surface area contributed by atoms with Crippen LogP contribution in [0.2, 0.25) is 0 Å². The van der Waals surface area contributed by atoms with E-state index in [4.69, 9.17) is 10.4 Å². The Kier molecular flexibility index (Phi) is 4.84. The zero-order chi connectivity index (χ0) is 13.8. The van der Waals surface area contributed by atoms with Crippen LogP contribution in [0.1, 0.15) is 23.0 Å². The Hall–Kier alpha value is -1.43. The lowest BCUT2D eigenvalue weighted by molar-refractivity contribution is 0.0702. The Morgan fingerprint density at radius 3 is 2.72 bits per heavy atom. The highest BCUT2D eigenvalue weighted by molar-refractivity contribution is 7.89. The zero-order valence-corrected chi connectivity index (χ0v) is 11.3. The molecule has 0 saturated carbocycles. The third-order valence-corrected chi connectivity index (χ3v) is 5.27. The standard InChI is InChI=1S/C10H12N2O4S2/c1-2-12(5-3-4-11)18(15,16)8-6-9(10(13)14)17-7-8/h6-7H,2-3,5H2,1H3,(H,13,14). The van der Waals surface area contributed by atoms with Gasteiger partial charge in [0.1, 0.15) is 4.88 Å². The van der Waals surface area contributed by atoms with Gasteiger partial charge in [-0.15, -0.1) is 11.3 Å². The Labute approximate surface area is 109 Å². The number of sulfonamides is 1. The van der Waals surface area contributed by atoms with Gasteiger partial charge in [-0.2, -0.15) is 9.57 Å². The van der Waals surface area contributed by atoms with Crippen molar-refractivity contribution >= 4 is 27.3 Å². The maximum Gasteiger partial charge on any atom is 0.345 e. The summed E-state index contributed by atoms with van der Waals surface area (Å²) in [6, 6.07) is 3.02. The second-order valence-corrected chi connectivity index (χ2v) is 6.21. The van der Waals surface area contributed by atoms with Gasteiger partial charge in [-0.1, -0.05) is 6.92 Å². The molecule has 0 saturated heterocycles. The van der Waals surface area contributed by atoms with Crippen LogP contribution in [0.3, 0.4) is 0 Å².